The second-order valence-corrected chi connectivity index (χ2v) is 4.66. The number of aromatic nitrogens is 2. The molecule has 0 radical (unpaired) electrons. The van der Waals surface area contributed by atoms with Gasteiger partial charge in [-0.1, -0.05) is 6.07 Å². The van der Waals surface area contributed by atoms with Crippen LogP contribution in [0, 0.1) is 0 Å². The Bertz CT molecular complexity index is 835. The number of nitrogens with one attached hydrogen (secondary N) is 1. The number of benzene rings is 1. The number of nitrogens with two attached hydrogens (primary N) is 1. The minimum Gasteiger partial charge on any atom is -0.506 e. The molecule has 0 amide bonds. The average Bonchev–Trinajstić information content (AvgIpc) is 2.56. The molecule has 1 aromatic carbocycles. The van der Waals surface area contributed by atoms with Crippen molar-refractivity contribution in [2.75, 3.05) is 11.1 Å². The first kappa shape index (κ1) is 14.5. The second kappa shape index (κ2) is 6.52. The molecule has 2 aromatic heterocycles. The summed E-state index contributed by atoms with van der Waals surface area (Å²) in [7, 11) is 0. The van der Waals surface area contributed by atoms with Gasteiger partial charge in [0.1, 0.15) is 17.3 Å². The lowest BCUT2D eigenvalue weighted by Gasteiger charge is -2.06. The zero-order valence-electron chi connectivity index (χ0n) is 12.1. The van der Waals surface area contributed by atoms with E-state index in [2.05, 4.69) is 25.5 Å². The van der Waals surface area contributed by atoms with Crippen LogP contribution in [0.3, 0.4) is 0 Å². The second-order valence-electron chi connectivity index (χ2n) is 4.66. The summed E-state index contributed by atoms with van der Waals surface area (Å²) in [6, 6.07) is 13.8. The first-order valence-electron chi connectivity index (χ1n) is 6.86. The number of nitrogen functional groups attached to an aromatic ring is 1. The average molecular weight is 306 g/mol. The van der Waals surface area contributed by atoms with Crippen molar-refractivity contribution in [1.82, 2.24) is 9.97 Å². The van der Waals surface area contributed by atoms with Crippen molar-refractivity contribution >= 4 is 28.7 Å². The zero-order chi connectivity index (χ0) is 16.1. The number of pyridine rings is 2. The summed E-state index contributed by atoms with van der Waals surface area (Å²) < 4.78 is 0. The molecule has 0 aliphatic rings. The monoisotopic (exact) mass is 306 g/mol. The van der Waals surface area contributed by atoms with Crippen LogP contribution < -0.4 is 11.1 Å². The predicted octanol–water partition coefficient (Wildman–Crippen LogP) is 3.92. The lowest BCUT2D eigenvalue weighted by Crippen LogP contribution is -1.93. The maximum Gasteiger partial charge on any atom is 0.198 e. The molecule has 7 nitrogen and oxygen atoms in total. The molecule has 7 heteroatoms. The molecule has 4 N–H and O–H groups in total. The Balaban J connectivity index is 1.87. The first-order valence-corrected chi connectivity index (χ1v) is 6.86. The molecule has 0 aliphatic heterocycles. The van der Waals surface area contributed by atoms with Crippen LogP contribution in [0.4, 0.5) is 28.7 Å². The molecule has 23 heavy (non-hydrogen) atoms. The summed E-state index contributed by atoms with van der Waals surface area (Å²) in [4.78, 5) is 8.37. The van der Waals surface area contributed by atoms with Crippen molar-refractivity contribution < 1.29 is 5.11 Å². The van der Waals surface area contributed by atoms with Crippen LogP contribution in [-0.4, -0.2) is 15.1 Å². The van der Waals surface area contributed by atoms with Crippen LogP contribution in [0.15, 0.2) is 71.2 Å². The number of hydrogen-bond acceptors (Lipinski definition) is 7. The molecule has 114 valence electrons. The van der Waals surface area contributed by atoms with Gasteiger partial charge < -0.3 is 16.2 Å². The first-order chi connectivity index (χ1) is 11.2. The zero-order valence-corrected chi connectivity index (χ0v) is 12.1. The summed E-state index contributed by atoms with van der Waals surface area (Å²) >= 11 is 0. The van der Waals surface area contributed by atoms with Gasteiger partial charge in [0.2, 0.25) is 0 Å². The fourth-order valence-electron chi connectivity index (χ4n) is 1.88. The third-order valence-corrected chi connectivity index (χ3v) is 2.97. The Morgan fingerprint density at radius 3 is 2.61 bits per heavy atom. The summed E-state index contributed by atoms with van der Waals surface area (Å²) in [5, 5.41) is 21.0. The molecule has 3 aromatic rings. The van der Waals surface area contributed by atoms with E-state index in [4.69, 9.17) is 5.73 Å². The van der Waals surface area contributed by atoms with Gasteiger partial charge in [0.25, 0.3) is 0 Å². The van der Waals surface area contributed by atoms with Gasteiger partial charge in [-0.25, -0.2) is 9.97 Å². The van der Waals surface area contributed by atoms with E-state index in [1.165, 1.54) is 6.07 Å². The van der Waals surface area contributed by atoms with Crippen molar-refractivity contribution in [1.29, 1.82) is 0 Å². The molecule has 0 fully saturated rings. The van der Waals surface area contributed by atoms with Gasteiger partial charge in [-0.2, -0.15) is 0 Å². The van der Waals surface area contributed by atoms with E-state index in [0.717, 1.165) is 0 Å². The van der Waals surface area contributed by atoms with Crippen LogP contribution in [0.1, 0.15) is 0 Å². The molecule has 3 rings (SSSR count). The standard InChI is InChI=1S/C16H14N6O/c17-11-6-7-12(14(23)10-11)21-22-16-13(4-3-9-19-16)20-15-5-1-2-8-18-15/h1-10,23H,17H2,(H,18,20). The summed E-state index contributed by atoms with van der Waals surface area (Å²) in [5.41, 5.74) is 7.01. The number of phenols is 1. The van der Waals surface area contributed by atoms with Crippen molar-refractivity contribution in [3.8, 4) is 5.75 Å². The van der Waals surface area contributed by atoms with E-state index in [9.17, 15) is 5.11 Å². The molecule has 0 atom stereocenters. The Labute approximate surface area is 132 Å². The van der Waals surface area contributed by atoms with Crippen molar-refractivity contribution in [2.45, 2.75) is 0 Å². The lowest BCUT2D eigenvalue weighted by atomic mass is 10.3. The van der Waals surface area contributed by atoms with Gasteiger partial charge >= 0.3 is 0 Å². The Hall–Kier alpha value is -3.48. The number of rotatable bonds is 4. The number of nitrogens with zero attached hydrogens (tertiary/aromatic N) is 4. The van der Waals surface area contributed by atoms with Crippen LogP contribution in [0.5, 0.6) is 5.75 Å². The predicted molar refractivity (Wildman–Crippen MR) is 88.5 cm³/mol. The van der Waals surface area contributed by atoms with Crippen LogP contribution in [0.2, 0.25) is 0 Å². The molecule has 0 spiro atoms. The number of anilines is 3. The number of phenolic OH excluding ortho intramolecular Hbond substituents is 1. The highest BCUT2D eigenvalue weighted by atomic mass is 16.3. The Kier molecular flexibility index (Phi) is 4.10. The topological polar surface area (TPSA) is 109 Å². The molecule has 0 unspecified atom stereocenters. The normalized spacial score (nSPS) is 10.8. The van der Waals surface area contributed by atoms with E-state index >= 15 is 0 Å². The van der Waals surface area contributed by atoms with Crippen molar-refractivity contribution in [2.24, 2.45) is 10.2 Å². The van der Waals surface area contributed by atoms with E-state index < -0.39 is 0 Å². The minimum absolute atomic E-state index is 0.0380. The maximum atomic E-state index is 9.79. The van der Waals surface area contributed by atoms with E-state index in [0.29, 0.717) is 28.7 Å². The fraction of sp³-hybridized carbons (Fsp3) is 0. The van der Waals surface area contributed by atoms with Crippen LogP contribution in [-0.2, 0) is 0 Å². The highest BCUT2D eigenvalue weighted by Crippen LogP contribution is 2.31. The molecule has 2 heterocycles. The van der Waals surface area contributed by atoms with Gasteiger partial charge in [0.15, 0.2) is 5.82 Å². The largest absolute Gasteiger partial charge is 0.506 e. The van der Waals surface area contributed by atoms with E-state index in [1.54, 1.807) is 30.6 Å². The molecule has 0 saturated carbocycles. The smallest absolute Gasteiger partial charge is 0.198 e. The third kappa shape index (κ3) is 3.59. The van der Waals surface area contributed by atoms with Gasteiger partial charge in [-0.3, -0.25) is 0 Å². The molecule has 0 saturated heterocycles. The third-order valence-electron chi connectivity index (χ3n) is 2.97. The quantitative estimate of drug-likeness (QED) is 0.500. The van der Waals surface area contributed by atoms with Gasteiger partial charge in [0, 0.05) is 24.1 Å². The highest BCUT2D eigenvalue weighted by Gasteiger charge is 2.05. The summed E-state index contributed by atoms with van der Waals surface area (Å²) in [6.07, 6.45) is 3.30. The Morgan fingerprint density at radius 1 is 0.957 bits per heavy atom. The fourth-order valence-corrected chi connectivity index (χ4v) is 1.88. The van der Waals surface area contributed by atoms with Gasteiger partial charge in [-0.05, 0) is 36.4 Å². The van der Waals surface area contributed by atoms with Gasteiger partial charge in [-0.15, -0.1) is 10.2 Å². The van der Waals surface area contributed by atoms with Crippen LogP contribution >= 0.6 is 0 Å². The molecule has 0 aliphatic carbocycles. The SMILES string of the molecule is Nc1ccc(N=Nc2ncccc2Nc2ccccn2)c(O)c1. The minimum atomic E-state index is -0.0380. The number of hydrogen-bond donors (Lipinski definition) is 3. The Morgan fingerprint density at radius 2 is 1.83 bits per heavy atom. The maximum absolute atomic E-state index is 9.79. The lowest BCUT2D eigenvalue weighted by molar-refractivity contribution is 0.476. The number of aromatic hydroxyl groups is 1. The van der Waals surface area contributed by atoms with Crippen LogP contribution in [0.25, 0.3) is 0 Å². The molecular weight excluding hydrogens is 292 g/mol. The van der Waals surface area contributed by atoms with Gasteiger partial charge in [0.05, 0.1) is 5.69 Å². The molecular formula is C16H14N6O. The highest BCUT2D eigenvalue weighted by molar-refractivity contribution is 5.67. The van der Waals surface area contributed by atoms with Crippen molar-refractivity contribution in [3.05, 3.63) is 60.9 Å². The summed E-state index contributed by atoms with van der Waals surface area (Å²) in [5.74, 6) is 1.02. The van der Waals surface area contributed by atoms with E-state index in [-0.39, 0.29) is 5.75 Å². The number of azo groups is 1. The van der Waals surface area contributed by atoms with E-state index in [1.807, 2.05) is 24.3 Å². The summed E-state index contributed by atoms with van der Waals surface area (Å²) in [6.45, 7) is 0. The molecule has 0 bridgehead atoms. The van der Waals surface area contributed by atoms with Crippen molar-refractivity contribution in [3.63, 3.8) is 0 Å².